The first-order chi connectivity index (χ1) is 20.3. The van der Waals surface area contributed by atoms with E-state index < -0.39 is 79.4 Å². The fourth-order valence-electron chi connectivity index (χ4n) is 3.88. The summed E-state index contributed by atoms with van der Waals surface area (Å²) in [7, 11) is 0. The van der Waals surface area contributed by atoms with Gasteiger partial charge in [0.05, 0.1) is 15.4 Å². The minimum atomic E-state index is -5.18. The van der Waals surface area contributed by atoms with Crippen molar-refractivity contribution in [2.75, 3.05) is 0 Å². The van der Waals surface area contributed by atoms with Crippen molar-refractivity contribution in [3.8, 4) is 34.1 Å². The Morgan fingerprint density at radius 1 is 0.545 bits per heavy atom. The highest BCUT2D eigenvalue weighted by molar-refractivity contribution is 5.73. The highest BCUT2D eigenvalue weighted by atomic mass is 19.4. The van der Waals surface area contributed by atoms with Crippen molar-refractivity contribution < 1.29 is 58.8 Å². The number of nitro groups is 2. The number of alkyl halides is 9. The highest BCUT2D eigenvalue weighted by Crippen LogP contribution is 2.45. The molecule has 0 spiro atoms. The number of nitrogens with zero attached hydrogens (tertiary/aromatic N) is 2. The number of benzene rings is 4. The lowest BCUT2D eigenvalue weighted by Gasteiger charge is -2.18. The van der Waals surface area contributed by atoms with E-state index in [1.807, 2.05) is 0 Å². The molecule has 230 valence electrons. The Bertz CT molecular complexity index is 1750. The molecule has 0 aromatic heterocycles. The second kappa shape index (κ2) is 11.4. The maximum atomic E-state index is 13.7. The van der Waals surface area contributed by atoms with Gasteiger partial charge >= 0.3 is 18.5 Å². The molecule has 4 rings (SSSR count). The molecule has 8 nitrogen and oxygen atoms in total. The lowest BCUT2D eigenvalue weighted by molar-refractivity contribution is -0.385. The Labute approximate surface area is 239 Å². The standard InChI is InChI=1S/C27H13F9N2O6/c28-25(29,30)15-3-1-2-14(10-15)19-13-18(43-23-7-4-16(37(39)40)11-20(23)26(31,32)33)6-9-22(19)44-24-8-5-17(38(41)42)12-21(24)27(34,35)36/h1-13H. The Kier molecular flexibility index (Phi) is 8.17. The average Bonchev–Trinajstić information content (AvgIpc) is 2.92. The van der Waals surface area contributed by atoms with Crippen molar-refractivity contribution in [3.63, 3.8) is 0 Å². The van der Waals surface area contributed by atoms with Crippen LogP contribution in [0.4, 0.5) is 50.9 Å². The molecule has 0 N–H and O–H groups in total. The smallest absolute Gasteiger partial charge is 0.420 e. The van der Waals surface area contributed by atoms with Gasteiger partial charge in [-0.25, -0.2) is 0 Å². The van der Waals surface area contributed by atoms with Gasteiger partial charge in [-0.3, -0.25) is 20.2 Å². The van der Waals surface area contributed by atoms with Gasteiger partial charge in [0.1, 0.15) is 34.1 Å². The van der Waals surface area contributed by atoms with Crippen molar-refractivity contribution in [3.05, 3.63) is 116 Å². The third-order valence-electron chi connectivity index (χ3n) is 5.86. The van der Waals surface area contributed by atoms with Crippen molar-refractivity contribution in [1.29, 1.82) is 0 Å². The third-order valence-corrected chi connectivity index (χ3v) is 5.86. The van der Waals surface area contributed by atoms with Crippen LogP contribution in [0.25, 0.3) is 11.1 Å². The molecule has 4 aromatic carbocycles. The molecule has 0 bridgehead atoms. The van der Waals surface area contributed by atoms with Crippen LogP contribution in [0.2, 0.25) is 0 Å². The number of rotatable bonds is 7. The first-order valence-electron chi connectivity index (χ1n) is 11.7. The first-order valence-corrected chi connectivity index (χ1v) is 11.7. The molecule has 0 fully saturated rings. The van der Waals surface area contributed by atoms with Crippen LogP contribution in [0, 0.1) is 20.2 Å². The quantitative estimate of drug-likeness (QED) is 0.114. The summed E-state index contributed by atoms with van der Waals surface area (Å²) in [6, 6.07) is 9.10. The maximum Gasteiger partial charge on any atom is 0.420 e. The molecule has 0 radical (unpaired) electrons. The number of hydrogen-bond donors (Lipinski definition) is 0. The van der Waals surface area contributed by atoms with Crippen molar-refractivity contribution in [1.82, 2.24) is 0 Å². The monoisotopic (exact) mass is 632 g/mol. The van der Waals surface area contributed by atoms with E-state index in [4.69, 9.17) is 9.47 Å². The molecule has 0 aliphatic heterocycles. The number of hydrogen-bond acceptors (Lipinski definition) is 6. The van der Waals surface area contributed by atoms with E-state index in [2.05, 4.69) is 0 Å². The van der Waals surface area contributed by atoms with Crippen molar-refractivity contribution in [2.24, 2.45) is 0 Å². The molecule has 17 heteroatoms. The van der Waals surface area contributed by atoms with Gasteiger partial charge in [-0.15, -0.1) is 0 Å². The molecule has 0 unspecified atom stereocenters. The minimum absolute atomic E-state index is 0.185. The van der Waals surface area contributed by atoms with Crippen LogP contribution < -0.4 is 9.47 Å². The van der Waals surface area contributed by atoms with Gasteiger partial charge in [0.2, 0.25) is 0 Å². The summed E-state index contributed by atoms with van der Waals surface area (Å²) < 4.78 is 133. The Hall–Kier alpha value is -5.35. The van der Waals surface area contributed by atoms with Gasteiger partial charge in [-0.05, 0) is 48.0 Å². The number of ether oxygens (including phenoxy) is 2. The maximum absolute atomic E-state index is 13.7. The summed E-state index contributed by atoms with van der Waals surface area (Å²) in [5, 5.41) is 22.0. The Morgan fingerprint density at radius 3 is 1.52 bits per heavy atom. The molecule has 0 atom stereocenters. The summed E-state index contributed by atoms with van der Waals surface area (Å²) in [4.78, 5) is 19.8. The van der Waals surface area contributed by atoms with E-state index in [0.717, 1.165) is 30.3 Å². The summed E-state index contributed by atoms with van der Waals surface area (Å²) in [5.74, 6) is -2.90. The molecule has 0 heterocycles. The van der Waals surface area contributed by atoms with E-state index in [1.165, 1.54) is 0 Å². The molecule has 0 saturated carbocycles. The van der Waals surface area contributed by atoms with Gasteiger partial charge in [-0.2, -0.15) is 39.5 Å². The molecule has 44 heavy (non-hydrogen) atoms. The van der Waals surface area contributed by atoms with E-state index in [-0.39, 0.29) is 23.3 Å². The molecule has 0 saturated heterocycles. The Morgan fingerprint density at radius 2 is 1.05 bits per heavy atom. The lowest BCUT2D eigenvalue weighted by atomic mass is 10.0. The third kappa shape index (κ3) is 6.99. The fraction of sp³-hybridized carbons (Fsp3) is 0.111. The topological polar surface area (TPSA) is 105 Å². The van der Waals surface area contributed by atoms with Gasteiger partial charge in [0.25, 0.3) is 11.4 Å². The summed E-state index contributed by atoms with van der Waals surface area (Å²) >= 11 is 0. The van der Waals surface area contributed by atoms with Crippen LogP contribution >= 0.6 is 0 Å². The summed E-state index contributed by atoms with van der Waals surface area (Å²) in [5.41, 5.74) is -6.88. The van der Waals surface area contributed by atoms with Crippen LogP contribution in [0.1, 0.15) is 16.7 Å². The zero-order valence-electron chi connectivity index (χ0n) is 21.3. The van der Waals surface area contributed by atoms with E-state index >= 15 is 0 Å². The van der Waals surface area contributed by atoms with Gasteiger partial charge < -0.3 is 9.47 Å². The van der Waals surface area contributed by atoms with Crippen LogP contribution in [0.15, 0.2) is 78.9 Å². The predicted molar refractivity (Wildman–Crippen MR) is 133 cm³/mol. The fourth-order valence-corrected chi connectivity index (χ4v) is 3.88. The molecule has 0 aliphatic rings. The molecular formula is C27H13F9N2O6. The molecule has 0 amide bonds. The van der Waals surface area contributed by atoms with E-state index in [0.29, 0.717) is 36.4 Å². The zero-order valence-corrected chi connectivity index (χ0v) is 21.3. The molecule has 0 aliphatic carbocycles. The first kappa shape index (κ1) is 31.6. The van der Waals surface area contributed by atoms with Crippen molar-refractivity contribution in [2.45, 2.75) is 18.5 Å². The second-order valence-electron chi connectivity index (χ2n) is 8.81. The second-order valence-corrected chi connectivity index (χ2v) is 8.81. The highest BCUT2D eigenvalue weighted by Gasteiger charge is 2.38. The average molecular weight is 632 g/mol. The molecular weight excluding hydrogens is 619 g/mol. The van der Waals surface area contributed by atoms with Gasteiger partial charge in [0, 0.05) is 29.8 Å². The van der Waals surface area contributed by atoms with Gasteiger partial charge in [0.15, 0.2) is 0 Å². The zero-order chi connectivity index (χ0) is 32.6. The summed E-state index contributed by atoms with van der Waals surface area (Å²) in [6.07, 6.45) is -15.2. The Balaban J connectivity index is 1.87. The van der Waals surface area contributed by atoms with E-state index in [1.54, 1.807) is 0 Å². The molecule has 4 aromatic rings. The largest absolute Gasteiger partial charge is 0.457 e. The van der Waals surface area contributed by atoms with Crippen LogP contribution in [0.3, 0.4) is 0 Å². The SMILES string of the molecule is O=[N+]([O-])c1ccc(Oc2ccc(Oc3ccc([N+](=O)[O-])cc3C(F)(F)F)c(-c3cccc(C(F)(F)F)c3)c2)c(C(F)(F)F)c1. The van der Waals surface area contributed by atoms with E-state index in [9.17, 15) is 59.7 Å². The predicted octanol–water partition coefficient (Wildman–Crippen LogP) is 9.81. The van der Waals surface area contributed by atoms with Crippen LogP contribution in [-0.4, -0.2) is 9.85 Å². The van der Waals surface area contributed by atoms with Crippen LogP contribution in [-0.2, 0) is 18.5 Å². The minimum Gasteiger partial charge on any atom is -0.457 e. The number of nitro benzene ring substituents is 2. The summed E-state index contributed by atoms with van der Waals surface area (Å²) in [6.45, 7) is 0. The van der Waals surface area contributed by atoms with Crippen LogP contribution in [0.5, 0.6) is 23.0 Å². The lowest BCUT2D eigenvalue weighted by Crippen LogP contribution is -2.08. The van der Waals surface area contributed by atoms with Crippen molar-refractivity contribution >= 4 is 11.4 Å². The number of non-ortho nitro benzene ring substituents is 2. The number of halogens is 9. The normalized spacial score (nSPS) is 12.1. The van der Waals surface area contributed by atoms with Gasteiger partial charge in [-0.1, -0.05) is 12.1 Å².